The maximum atomic E-state index is 9.97. The number of piperazine rings is 1. The van der Waals surface area contributed by atoms with Crippen LogP contribution in [0.3, 0.4) is 0 Å². The molecule has 2 unspecified atom stereocenters. The molecule has 112 valence electrons. The number of aliphatic carboxylic acids is 2. The molecule has 19 heavy (non-hydrogen) atoms. The Morgan fingerprint density at radius 3 is 1.16 bits per heavy atom. The summed E-state index contributed by atoms with van der Waals surface area (Å²) in [5, 5.41) is 45.4. The second-order valence-corrected chi connectivity index (χ2v) is 2.98. The van der Waals surface area contributed by atoms with Crippen LogP contribution in [0, 0.1) is 0 Å². The summed E-state index contributed by atoms with van der Waals surface area (Å²) >= 11 is 0. The van der Waals surface area contributed by atoms with Gasteiger partial charge in [0, 0.05) is 38.1 Å². The van der Waals surface area contributed by atoms with Crippen LogP contribution in [-0.2, 0) is 9.59 Å². The van der Waals surface area contributed by atoms with Gasteiger partial charge in [-0.05, 0) is 0 Å². The minimum absolute atomic E-state index is 0. The molecule has 0 spiro atoms. The molecule has 0 aromatic heterocycles. The van der Waals surface area contributed by atoms with Gasteiger partial charge in [-0.15, -0.1) is 0 Å². The van der Waals surface area contributed by atoms with E-state index in [1.165, 1.54) is 0 Å². The number of nitrogens with one attached hydrogen (secondary N) is 2. The summed E-state index contributed by atoms with van der Waals surface area (Å²) < 4.78 is 0. The third-order valence-electron chi connectivity index (χ3n) is 1.70. The van der Waals surface area contributed by atoms with Crippen molar-refractivity contribution in [3.8, 4) is 0 Å². The number of rotatable bonds is 3. The second kappa shape index (κ2) is 15.6. The van der Waals surface area contributed by atoms with Gasteiger partial charge in [-0.3, -0.25) is 0 Å². The molecule has 1 aliphatic heterocycles. The van der Waals surface area contributed by atoms with Gasteiger partial charge in [-0.25, -0.2) is 0 Å². The monoisotopic (exact) mass is 390 g/mol. The Bertz CT molecular complexity index is 215. The second-order valence-electron chi connectivity index (χ2n) is 2.98. The Kier molecular flexibility index (Phi) is 22.1. The number of carbonyl (C=O) groups is 2. The molecule has 0 aliphatic carbocycles. The largest absolute Gasteiger partial charge is 3.00 e. The van der Waals surface area contributed by atoms with Crippen LogP contribution in [0.4, 0.5) is 0 Å². The zero-order valence-electron chi connectivity index (χ0n) is 10.9. The SMILES string of the molecule is C1CNCCN1.O.O.O=C([O-])C([O-])C([O-])C(=O)[O-].[H+].[Sb+3]. The molecule has 1 saturated heterocycles. The van der Waals surface area contributed by atoms with Crippen molar-refractivity contribution in [1.82, 2.24) is 10.6 Å². The van der Waals surface area contributed by atoms with Crippen molar-refractivity contribution < 1.29 is 42.4 Å². The Balaban J connectivity index is -0.0000000664. The van der Waals surface area contributed by atoms with Crippen molar-refractivity contribution in [2.75, 3.05) is 26.2 Å². The summed E-state index contributed by atoms with van der Waals surface area (Å²) in [6.07, 6.45) is -5.60. The molecule has 11 heteroatoms. The van der Waals surface area contributed by atoms with Crippen LogP contribution in [0.5, 0.6) is 0 Å². The number of hydrogen-bond acceptors (Lipinski definition) is 8. The molecular weight excluding hydrogens is 374 g/mol. The molecule has 1 aliphatic rings. The van der Waals surface area contributed by atoms with E-state index in [-0.39, 0.29) is 36.8 Å². The average molecular weight is 391 g/mol. The smallest absolute Gasteiger partial charge is 0.848 e. The molecule has 6 N–H and O–H groups in total. The molecule has 2 atom stereocenters. The molecule has 10 nitrogen and oxygen atoms in total. The Morgan fingerprint density at radius 2 is 1.05 bits per heavy atom. The predicted molar refractivity (Wildman–Crippen MR) is 57.4 cm³/mol. The van der Waals surface area contributed by atoms with E-state index in [9.17, 15) is 30.0 Å². The van der Waals surface area contributed by atoms with Crippen LogP contribution >= 0.6 is 0 Å². The number of carboxylic acid groups (broad SMARTS) is 2. The van der Waals surface area contributed by atoms with Gasteiger partial charge < -0.3 is 51.6 Å². The van der Waals surface area contributed by atoms with E-state index >= 15 is 0 Å². The van der Waals surface area contributed by atoms with Gasteiger partial charge in [-0.1, -0.05) is 12.2 Å². The molecular formula is C8H17N2O8Sb. The van der Waals surface area contributed by atoms with E-state index in [0.717, 1.165) is 26.2 Å². The zero-order chi connectivity index (χ0) is 12.6. The van der Waals surface area contributed by atoms with Crippen molar-refractivity contribution >= 4 is 36.4 Å². The van der Waals surface area contributed by atoms with E-state index in [0.29, 0.717) is 0 Å². The molecule has 0 amide bonds. The first-order valence-electron chi connectivity index (χ1n) is 4.61. The third-order valence-corrected chi connectivity index (χ3v) is 1.70. The van der Waals surface area contributed by atoms with Gasteiger partial charge in [0.05, 0.1) is 0 Å². The average Bonchev–Trinajstić information content (AvgIpc) is 2.30. The quantitative estimate of drug-likeness (QED) is 0.440. The minimum Gasteiger partial charge on any atom is -0.848 e. The summed E-state index contributed by atoms with van der Waals surface area (Å²) in [5.74, 6) is -4.46. The van der Waals surface area contributed by atoms with Gasteiger partial charge in [0.25, 0.3) is 0 Å². The number of carbonyl (C=O) groups excluding carboxylic acids is 2. The zero-order valence-corrected chi connectivity index (χ0v) is 12.4. The Labute approximate surface area is 128 Å². The molecule has 0 bridgehead atoms. The van der Waals surface area contributed by atoms with Crippen molar-refractivity contribution in [2.45, 2.75) is 12.2 Å². The molecule has 0 aromatic rings. The summed E-state index contributed by atoms with van der Waals surface area (Å²) in [7, 11) is 0. The maximum absolute atomic E-state index is 9.97. The molecule has 1 heterocycles. The molecule has 1 rings (SSSR count). The first-order valence-corrected chi connectivity index (χ1v) is 4.61. The fourth-order valence-corrected chi connectivity index (χ4v) is 0.851. The van der Waals surface area contributed by atoms with E-state index < -0.39 is 24.1 Å². The Morgan fingerprint density at radius 1 is 0.842 bits per heavy atom. The standard InChI is InChI=1S/C4H10N2.C4H4O6.2H2O.Sb/c1-2-6-4-3-5-1;5-1(3(7)8)2(6)4(9)10;;;/h5-6H,1-4H2;1-2H,(H,7,8)(H,9,10);2*1H2;/q;-2;;;+3/p-1. The maximum Gasteiger partial charge on any atom is 3.00 e. The van der Waals surface area contributed by atoms with Gasteiger partial charge in [0.2, 0.25) is 0 Å². The fourth-order valence-electron chi connectivity index (χ4n) is 0.851. The molecule has 0 aromatic carbocycles. The van der Waals surface area contributed by atoms with Gasteiger partial charge in [0.1, 0.15) is 0 Å². The van der Waals surface area contributed by atoms with Crippen LogP contribution in [0.1, 0.15) is 1.43 Å². The van der Waals surface area contributed by atoms with Crippen LogP contribution < -0.4 is 31.1 Å². The van der Waals surface area contributed by atoms with E-state index in [2.05, 4.69) is 10.6 Å². The molecule has 0 saturated carbocycles. The first-order chi connectivity index (χ1) is 7.46. The normalized spacial score (nSPS) is 15.9. The van der Waals surface area contributed by atoms with Crippen molar-refractivity contribution in [1.29, 1.82) is 0 Å². The van der Waals surface area contributed by atoms with Crippen LogP contribution in [0.15, 0.2) is 0 Å². The third kappa shape index (κ3) is 13.7. The van der Waals surface area contributed by atoms with E-state index in [1.54, 1.807) is 0 Å². The van der Waals surface area contributed by atoms with Gasteiger partial charge in [-0.2, -0.15) is 0 Å². The van der Waals surface area contributed by atoms with Gasteiger partial charge >= 0.3 is 25.9 Å². The van der Waals surface area contributed by atoms with E-state index in [1.807, 2.05) is 0 Å². The van der Waals surface area contributed by atoms with Crippen molar-refractivity contribution in [2.24, 2.45) is 0 Å². The van der Waals surface area contributed by atoms with Crippen molar-refractivity contribution in [3.63, 3.8) is 0 Å². The topological polar surface area (TPSA) is 213 Å². The molecule has 2 radical (unpaired) electrons. The number of hydrogen-bond donors (Lipinski definition) is 2. The van der Waals surface area contributed by atoms with Crippen molar-refractivity contribution in [3.05, 3.63) is 0 Å². The fraction of sp³-hybridized carbons (Fsp3) is 0.750. The molecule has 1 fully saturated rings. The first kappa shape index (κ1) is 27.0. The van der Waals surface area contributed by atoms with Crippen LogP contribution in [-0.4, -0.2) is 85.7 Å². The predicted octanol–water partition coefficient (Wildman–Crippen LogP) is -8.79. The summed E-state index contributed by atoms with van der Waals surface area (Å²) in [6.45, 7) is 4.56. The minimum atomic E-state index is -2.80. The van der Waals surface area contributed by atoms with E-state index in [4.69, 9.17) is 0 Å². The summed E-state index contributed by atoms with van der Waals surface area (Å²) in [4.78, 5) is 19.1. The number of carboxylic acids is 2. The van der Waals surface area contributed by atoms with Crippen LogP contribution in [0.2, 0.25) is 0 Å². The summed E-state index contributed by atoms with van der Waals surface area (Å²) in [5.41, 5.74) is 0. The Hall–Kier alpha value is -0.482. The summed E-state index contributed by atoms with van der Waals surface area (Å²) in [6, 6.07) is 0. The van der Waals surface area contributed by atoms with Crippen LogP contribution in [0.25, 0.3) is 0 Å². The van der Waals surface area contributed by atoms with Gasteiger partial charge in [0.15, 0.2) is 0 Å².